The minimum absolute atomic E-state index is 0.204. The Morgan fingerprint density at radius 2 is 2.00 bits per heavy atom. The molecule has 5 nitrogen and oxygen atoms in total. The van der Waals surface area contributed by atoms with E-state index in [1.165, 1.54) is 7.11 Å². The van der Waals surface area contributed by atoms with Gasteiger partial charge in [-0.2, -0.15) is 0 Å². The van der Waals surface area contributed by atoms with Crippen LogP contribution in [0, 0.1) is 0 Å². The Hall–Kier alpha value is -0.650. The average molecular weight is 219 g/mol. The minimum Gasteiger partial charge on any atom is -0.480 e. The maximum absolute atomic E-state index is 11.1. The van der Waals surface area contributed by atoms with Crippen molar-refractivity contribution in [3.63, 3.8) is 0 Å². The molecule has 0 fully saturated rings. The van der Waals surface area contributed by atoms with Crippen molar-refractivity contribution in [3.05, 3.63) is 0 Å². The summed E-state index contributed by atoms with van der Waals surface area (Å²) in [7, 11) is 1.49. The lowest BCUT2D eigenvalue weighted by molar-refractivity contribution is -0.145. The fraction of sp³-hybridized carbons (Fsp3) is 0.900. The van der Waals surface area contributed by atoms with Crippen LogP contribution >= 0.6 is 0 Å². The van der Waals surface area contributed by atoms with Gasteiger partial charge in [0.15, 0.2) is 0 Å². The molecule has 0 aromatic heterocycles. The number of hydrogen-bond donors (Lipinski definition) is 3. The molecule has 0 amide bonds. The zero-order valence-electron chi connectivity index (χ0n) is 9.62. The van der Waals surface area contributed by atoms with Crippen molar-refractivity contribution in [2.45, 2.75) is 38.3 Å². The molecule has 15 heavy (non-hydrogen) atoms. The minimum atomic E-state index is -0.936. The lowest BCUT2D eigenvalue weighted by Crippen LogP contribution is -2.53. The second kappa shape index (κ2) is 6.76. The maximum atomic E-state index is 11.1. The molecule has 1 atom stereocenters. The van der Waals surface area contributed by atoms with Crippen LogP contribution in [0.1, 0.15) is 26.7 Å². The molecule has 0 spiro atoms. The highest BCUT2D eigenvalue weighted by Gasteiger charge is 2.34. The number of carboxylic acids is 1. The van der Waals surface area contributed by atoms with Gasteiger partial charge in [-0.05, 0) is 12.8 Å². The van der Waals surface area contributed by atoms with Crippen molar-refractivity contribution in [3.8, 4) is 0 Å². The van der Waals surface area contributed by atoms with Gasteiger partial charge >= 0.3 is 5.97 Å². The number of aliphatic hydroxyl groups is 1. The molecule has 0 aromatic carbocycles. The summed E-state index contributed by atoms with van der Waals surface area (Å²) in [5.41, 5.74) is -0.936. The number of methoxy groups -OCH3 is 1. The first-order valence-corrected chi connectivity index (χ1v) is 5.17. The van der Waals surface area contributed by atoms with E-state index in [9.17, 15) is 9.90 Å². The molecule has 0 saturated carbocycles. The normalized spacial score (nSPS) is 13.9. The monoisotopic (exact) mass is 219 g/mol. The summed E-state index contributed by atoms with van der Waals surface area (Å²) in [6, 6.07) is 0. The second-order valence-electron chi connectivity index (χ2n) is 3.58. The molecule has 90 valence electrons. The number of carboxylic acid groups (broad SMARTS) is 1. The first-order valence-electron chi connectivity index (χ1n) is 5.17. The molecule has 0 bridgehead atoms. The van der Waals surface area contributed by atoms with E-state index in [1.54, 1.807) is 0 Å². The molecule has 1 unspecified atom stereocenters. The average Bonchev–Trinajstić information content (AvgIpc) is 2.20. The van der Waals surface area contributed by atoms with Crippen molar-refractivity contribution >= 4 is 5.97 Å². The molecule has 5 heteroatoms. The van der Waals surface area contributed by atoms with Gasteiger partial charge in [0.1, 0.15) is 5.54 Å². The molecule has 0 aliphatic heterocycles. The fourth-order valence-corrected chi connectivity index (χ4v) is 1.44. The van der Waals surface area contributed by atoms with Gasteiger partial charge in [-0.3, -0.25) is 10.1 Å². The van der Waals surface area contributed by atoms with E-state index in [0.717, 1.165) is 0 Å². The molecule has 0 aliphatic rings. The van der Waals surface area contributed by atoms with E-state index in [2.05, 4.69) is 5.32 Å². The zero-order valence-corrected chi connectivity index (χ0v) is 9.62. The lowest BCUT2D eigenvalue weighted by atomic mass is 9.93. The molecule has 0 heterocycles. The summed E-state index contributed by atoms with van der Waals surface area (Å²) in [4.78, 5) is 11.1. The first kappa shape index (κ1) is 14.3. The van der Waals surface area contributed by atoms with E-state index in [1.807, 2.05) is 13.8 Å². The van der Waals surface area contributed by atoms with Gasteiger partial charge in [0.2, 0.25) is 0 Å². The van der Waals surface area contributed by atoms with Crippen molar-refractivity contribution in [1.82, 2.24) is 5.32 Å². The highest BCUT2D eigenvalue weighted by Crippen LogP contribution is 2.15. The fourth-order valence-electron chi connectivity index (χ4n) is 1.44. The molecule has 3 N–H and O–H groups in total. The molecular weight excluding hydrogens is 198 g/mol. The van der Waals surface area contributed by atoms with Crippen LogP contribution in [0.3, 0.4) is 0 Å². The summed E-state index contributed by atoms with van der Waals surface area (Å²) in [5.74, 6) is -0.878. The van der Waals surface area contributed by atoms with Crippen LogP contribution in [0.5, 0.6) is 0 Å². The number of aliphatic carboxylic acids is 1. The smallest absolute Gasteiger partial charge is 0.323 e. The van der Waals surface area contributed by atoms with Gasteiger partial charge in [-0.1, -0.05) is 13.8 Å². The lowest BCUT2D eigenvalue weighted by Gasteiger charge is -2.29. The standard InChI is InChI=1S/C10H21NO4/c1-4-10(5-2,9(13)14)11-6-8(12)7-15-3/h8,11-12H,4-7H2,1-3H3,(H,13,14). The molecule has 0 aromatic rings. The molecule has 0 radical (unpaired) electrons. The quantitative estimate of drug-likeness (QED) is 0.544. The van der Waals surface area contributed by atoms with Crippen molar-refractivity contribution in [2.24, 2.45) is 0 Å². The van der Waals surface area contributed by atoms with Crippen LogP contribution in [0.15, 0.2) is 0 Å². The number of carbonyl (C=O) groups is 1. The SMILES string of the molecule is CCC(CC)(NCC(O)COC)C(=O)O. The third kappa shape index (κ3) is 4.15. The largest absolute Gasteiger partial charge is 0.480 e. The Labute approximate surface area is 90.4 Å². The Morgan fingerprint density at radius 1 is 1.47 bits per heavy atom. The molecule has 0 saturated heterocycles. The molecule has 0 aliphatic carbocycles. The van der Waals surface area contributed by atoms with Crippen LogP contribution in [0.25, 0.3) is 0 Å². The Balaban J connectivity index is 4.24. The zero-order chi connectivity index (χ0) is 11.9. The predicted octanol–water partition coefficient (Wildman–Crippen LogP) is 0.227. The Kier molecular flexibility index (Phi) is 6.47. The van der Waals surface area contributed by atoms with Crippen LogP contribution in [0.2, 0.25) is 0 Å². The number of rotatable bonds is 8. The summed E-state index contributed by atoms with van der Waals surface area (Å²) in [5, 5.41) is 21.4. The predicted molar refractivity (Wildman–Crippen MR) is 56.8 cm³/mol. The number of ether oxygens (including phenoxy) is 1. The topological polar surface area (TPSA) is 78.8 Å². The summed E-state index contributed by atoms with van der Waals surface area (Å²) >= 11 is 0. The molecular formula is C10H21NO4. The van der Waals surface area contributed by atoms with Gasteiger partial charge < -0.3 is 14.9 Å². The highest BCUT2D eigenvalue weighted by molar-refractivity contribution is 5.78. The summed E-state index contributed by atoms with van der Waals surface area (Å²) < 4.78 is 4.76. The van der Waals surface area contributed by atoms with Crippen LogP contribution in [-0.2, 0) is 9.53 Å². The van der Waals surface area contributed by atoms with Crippen molar-refractivity contribution in [2.75, 3.05) is 20.3 Å². The van der Waals surface area contributed by atoms with Gasteiger partial charge in [0, 0.05) is 13.7 Å². The highest BCUT2D eigenvalue weighted by atomic mass is 16.5. The third-order valence-electron chi connectivity index (χ3n) is 2.65. The van der Waals surface area contributed by atoms with Crippen LogP contribution in [-0.4, -0.2) is 48.1 Å². The Bertz CT molecular complexity index is 192. The van der Waals surface area contributed by atoms with E-state index in [-0.39, 0.29) is 13.2 Å². The van der Waals surface area contributed by atoms with E-state index >= 15 is 0 Å². The number of hydrogen-bond acceptors (Lipinski definition) is 4. The number of aliphatic hydroxyl groups excluding tert-OH is 1. The van der Waals surface area contributed by atoms with Gasteiger partial charge in [-0.15, -0.1) is 0 Å². The van der Waals surface area contributed by atoms with Gasteiger partial charge in [0.05, 0.1) is 12.7 Å². The van der Waals surface area contributed by atoms with Crippen molar-refractivity contribution < 1.29 is 19.7 Å². The van der Waals surface area contributed by atoms with Gasteiger partial charge in [-0.25, -0.2) is 0 Å². The van der Waals surface area contributed by atoms with Crippen LogP contribution in [0.4, 0.5) is 0 Å². The molecule has 0 rings (SSSR count). The Morgan fingerprint density at radius 3 is 2.33 bits per heavy atom. The second-order valence-corrected chi connectivity index (χ2v) is 3.58. The summed E-state index contributed by atoms with van der Waals surface area (Å²) in [6.45, 7) is 4.05. The number of nitrogens with one attached hydrogen (secondary N) is 1. The number of β-amino-alcohol motifs (C(OH)–C–C–N with tert-alkyl or cyclic N) is 1. The van der Waals surface area contributed by atoms with E-state index < -0.39 is 17.6 Å². The first-order chi connectivity index (χ1) is 7.02. The summed E-state index contributed by atoms with van der Waals surface area (Å²) in [6.07, 6.45) is 0.295. The van der Waals surface area contributed by atoms with Crippen molar-refractivity contribution in [1.29, 1.82) is 0 Å². The van der Waals surface area contributed by atoms with E-state index in [4.69, 9.17) is 9.84 Å². The maximum Gasteiger partial charge on any atom is 0.323 e. The van der Waals surface area contributed by atoms with Crippen LogP contribution < -0.4 is 5.32 Å². The third-order valence-corrected chi connectivity index (χ3v) is 2.65. The van der Waals surface area contributed by atoms with E-state index in [0.29, 0.717) is 12.8 Å². The van der Waals surface area contributed by atoms with Gasteiger partial charge in [0.25, 0.3) is 0 Å².